The molecule has 1 aromatic carbocycles. The molecule has 2 heterocycles. The smallest absolute Gasteiger partial charge is 0.330 e. The Labute approximate surface area is 181 Å². The number of benzene rings is 1. The number of methoxy groups -OCH3 is 2. The minimum Gasteiger partial charge on any atom is -0.493 e. The van der Waals surface area contributed by atoms with Crippen molar-refractivity contribution in [3.63, 3.8) is 0 Å². The van der Waals surface area contributed by atoms with Gasteiger partial charge in [0.05, 0.1) is 20.8 Å². The fourth-order valence-corrected chi connectivity index (χ4v) is 3.67. The second-order valence-corrected chi connectivity index (χ2v) is 7.52. The number of nitrogens with one attached hydrogen (secondary N) is 1. The number of ether oxygens (including phenoxy) is 2. The van der Waals surface area contributed by atoms with Gasteiger partial charge in [-0.05, 0) is 30.7 Å². The Bertz CT molecular complexity index is 1160. The van der Waals surface area contributed by atoms with Gasteiger partial charge in [0.25, 0.3) is 5.56 Å². The number of hydrogen-bond acceptors (Lipinski definition) is 6. The second kappa shape index (κ2) is 9.82. The van der Waals surface area contributed by atoms with Crippen LogP contribution in [0.25, 0.3) is 11.2 Å². The van der Waals surface area contributed by atoms with Crippen molar-refractivity contribution in [1.82, 2.24) is 24.0 Å². The Kier molecular flexibility index (Phi) is 7.17. The highest BCUT2D eigenvalue weighted by Gasteiger charge is 2.18. The molecule has 0 saturated heterocycles. The van der Waals surface area contributed by atoms with E-state index in [9.17, 15) is 9.59 Å². The zero-order chi connectivity index (χ0) is 22.5. The standard InChI is InChI=1S/C22H31N5O4/c1-6-8-11-27-20-19(21(28)24-22(27)29)25(3)18(23-20)14-26(7-2)13-15-9-10-16(30-4)17(12-15)31-5/h9-10,12H,6-8,11,13-14H2,1-5H3,(H,24,28,29). The van der Waals surface area contributed by atoms with Crippen LogP contribution in [0.2, 0.25) is 0 Å². The van der Waals surface area contributed by atoms with Crippen LogP contribution in [0.4, 0.5) is 0 Å². The van der Waals surface area contributed by atoms with Crippen molar-refractivity contribution in [2.75, 3.05) is 20.8 Å². The molecule has 31 heavy (non-hydrogen) atoms. The number of aryl methyl sites for hydroxylation is 2. The summed E-state index contributed by atoms with van der Waals surface area (Å²) in [4.78, 5) is 34.1. The number of H-pyrrole nitrogens is 1. The van der Waals surface area contributed by atoms with Crippen LogP contribution in [0.1, 0.15) is 38.1 Å². The van der Waals surface area contributed by atoms with Crippen molar-refractivity contribution in [2.45, 2.75) is 46.3 Å². The molecule has 0 aliphatic carbocycles. The maximum absolute atomic E-state index is 12.5. The molecule has 0 spiro atoms. The van der Waals surface area contributed by atoms with Gasteiger partial charge in [0.15, 0.2) is 22.7 Å². The van der Waals surface area contributed by atoms with Gasteiger partial charge in [0.2, 0.25) is 0 Å². The molecular formula is C22H31N5O4. The summed E-state index contributed by atoms with van der Waals surface area (Å²) in [5.41, 5.74) is 1.14. The van der Waals surface area contributed by atoms with Crippen LogP contribution in [0, 0.1) is 0 Å². The fraction of sp³-hybridized carbons (Fsp3) is 0.500. The number of fused-ring (bicyclic) bond motifs is 1. The lowest BCUT2D eigenvalue weighted by atomic mass is 10.2. The van der Waals surface area contributed by atoms with E-state index in [1.807, 2.05) is 25.2 Å². The summed E-state index contributed by atoms with van der Waals surface area (Å²) < 4.78 is 14.1. The highest BCUT2D eigenvalue weighted by atomic mass is 16.5. The minimum atomic E-state index is -0.409. The molecule has 0 aliphatic rings. The molecule has 1 N–H and O–H groups in total. The van der Waals surface area contributed by atoms with Crippen LogP contribution >= 0.6 is 0 Å². The third-order valence-electron chi connectivity index (χ3n) is 5.51. The van der Waals surface area contributed by atoms with Crippen molar-refractivity contribution in [3.05, 3.63) is 50.4 Å². The summed E-state index contributed by atoms with van der Waals surface area (Å²) in [5.74, 6) is 2.11. The first-order valence-electron chi connectivity index (χ1n) is 10.5. The molecule has 3 rings (SSSR count). The largest absolute Gasteiger partial charge is 0.493 e. The van der Waals surface area contributed by atoms with Gasteiger partial charge in [-0.25, -0.2) is 9.78 Å². The van der Waals surface area contributed by atoms with Crippen LogP contribution in [-0.4, -0.2) is 44.8 Å². The van der Waals surface area contributed by atoms with Crippen molar-refractivity contribution >= 4 is 11.2 Å². The second-order valence-electron chi connectivity index (χ2n) is 7.52. The topological polar surface area (TPSA) is 94.4 Å². The van der Waals surface area contributed by atoms with Crippen molar-refractivity contribution in [3.8, 4) is 11.5 Å². The first-order valence-corrected chi connectivity index (χ1v) is 10.5. The Morgan fingerprint density at radius 3 is 2.48 bits per heavy atom. The van der Waals surface area contributed by atoms with E-state index in [0.717, 1.165) is 30.8 Å². The van der Waals surface area contributed by atoms with Gasteiger partial charge in [-0.15, -0.1) is 0 Å². The van der Waals surface area contributed by atoms with Crippen LogP contribution in [-0.2, 0) is 26.7 Å². The zero-order valence-electron chi connectivity index (χ0n) is 18.9. The fourth-order valence-electron chi connectivity index (χ4n) is 3.67. The summed E-state index contributed by atoms with van der Waals surface area (Å²) in [6.45, 7) is 6.67. The molecule has 0 fully saturated rings. The lowest BCUT2D eigenvalue weighted by Crippen LogP contribution is -2.31. The normalized spacial score (nSPS) is 11.4. The number of nitrogens with zero attached hydrogens (tertiary/aromatic N) is 4. The monoisotopic (exact) mass is 429 g/mol. The van der Waals surface area contributed by atoms with Crippen molar-refractivity contribution < 1.29 is 9.47 Å². The van der Waals surface area contributed by atoms with Gasteiger partial charge in [0.1, 0.15) is 5.82 Å². The molecule has 3 aromatic rings. The van der Waals surface area contributed by atoms with E-state index in [4.69, 9.17) is 14.5 Å². The van der Waals surface area contributed by atoms with Gasteiger partial charge in [0, 0.05) is 20.1 Å². The average Bonchev–Trinajstić information content (AvgIpc) is 3.09. The van der Waals surface area contributed by atoms with E-state index in [1.54, 1.807) is 23.4 Å². The Hall–Kier alpha value is -3.07. The Morgan fingerprint density at radius 2 is 1.84 bits per heavy atom. The highest BCUT2D eigenvalue weighted by molar-refractivity contribution is 5.70. The zero-order valence-corrected chi connectivity index (χ0v) is 18.9. The summed E-state index contributed by atoms with van der Waals surface area (Å²) in [6.07, 6.45) is 1.79. The molecule has 0 unspecified atom stereocenters. The van der Waals surface area contributed by atoms with Crippen LogP contribution < -0.4 is 20.7 Å². The molecule has 0 bridgehead atoms. The number of hydrogen-bond donors (Lipinski definition) is 1. The summed E-state index contributed by atoms with van der Waals surface area (Å²) in [5, 5.41) is 0. The summed E-state index contributed by atoms with van der Waals surface area (Å²) in [6, 6.07) is 5.86. The van der Waals surface area contributed by atoms with Crippen LogP contribution in [0.5, 0.6) is 11.5 Å². The molecule has 0 radical (unpaired) electrons. The average molecular weight is 430 g/mol. The minimum absolute atomic E-state index is 0.406. The van der Waals surface area contributed by atoms with Gasteiger partial charge < -0.3 is 14.0 Å². The number of unbranched alkanes of at least 4 members (excludes halogenated alkanes) is 1. The molecule has 9 nitrogen and oxygen atoms in total. The van der Waals surface area contributed by atoms with Crippen LogP contribution in [0.3, 0.4) is 0 Å². The Balaban J connectivity index is 1.92. The molecule has 9 heteroatoms. The van der Waals surface area contributed by atoms with Gasteiger partial charge >= 0.3 is 5.69 Å². The number of aromatic nitrogens is 4. The predicted molar refractivity (Wildman–Crippen MR) is 120 cm³/mol. The summed E-state index contributed by atoms with van der Waals surface area (Å²) >= 11 is 0. The predicted octanol–water partition coefficient (Wildman–Crippen LogP) is 2.26. The molecule has 0 amide bonds. The first-order chi connectivity index (χ1) is 14.9. The van der Waals surface area contributed by atoms with E-state index in [1.165, 1.54) is 0 Å². The maximum Gasteiger partial charge on any atom is 0.330 e. The SMILES string of the molecule is CCCCn1c(=O)[nH]c(=O)c2c1nc(CN(CC)Cc1ccc(OC)c(OC)c1)n2C. The number of aromatic amines is 1. The third-order valence-corrected chi connectivity index (χ3v) is 5.51. The van der Waals surface area contributed by atoms with Crippen molar-refractivity contribution in [2.24, 2.45) is 7.05 Å². The van der Waals surface area contributed by atoms with Gasteiger partial charge in [-0.2, -0.15) is 0 Å². The molecular weight excluding hydrogens is 398 g/mol. The van der Waals surface area contributed by atoms with Gasteiger partial charge in [-0.1, -0.05) is 26.3 Å². The lowest BCUT2D eigenvalue weighted by molar-refractivity contribution is 0.261. The number of imidazole rings is 1. The maximum atomic E-state index is 12.5. The molecule has 0 aliphatic heterocycles. The first kappa shape index (κ1) is 22.6. The molecule has 0 saturated carbocycles. The number of rotatable bonds is 10. The molecule has 0 atom stereocenters. The quantitative estimate of drug-likeness (QED) is 0.531. The van der Waals surface area contributed by atoms with Crippen molar-refractivity contribution in [1.29, 1.82) is 0 Å². The molecule has 168 valence electrons. The highest BCUT2D eigenvalue weighted by Crippen LogP contribution is 2.28. The van der Waals surface area contributed by atoms with E-state index < -0.39 is 11.2 Å². The Morgan fingerprint density at radius 1 is 1.10 bits per heavy atom. The van der Waals surface area contributed by atoms with E-state index in [-0.39, 0.29) is 0 Å². The summed E-state index contributed by atoms with van der Waals surface area (Å²) in [7, 11) is 5.05. The van der Waals surface area contributed by atoms with E-state index in [0.29, 0.717) is 42.3 Å². The van der Waals surface area contributed by atoms with Gasteiger partial charge in [-0.3, -0.25) is 19.2 Å². The van der Waals surface area contributed by atoms with E-state index in [2.05, 4.69) is 23.7 Å². The van der Waals surface area contributed by atoms with E-state index >= 15 is 0 Å². The third kappa shape index (κ3) is 4.66. The lowest BCUT2D eigenvalue weighted by Gasteiger charge is -2.20. The molecule has 2 aromatic heterocycles. The van der Waals surface area contributed by atoms with Crippen LogP contribution in [0.15, 0.2) is 27.8 Å².